The van der Waals surface area contributed by atoms with E-state index >= 15 is 0 Å². The molecule has 0 atom stereocenters. The highest BCUT2D eigenvalue weighted by Gasteiger charge is 2.34. The van der Waals surface area contributed by atoms with E-state index in [9.17, 15) is 8.42 Å². The molecule has 1 fully saturated rings. The van der Waals surface area contributed by atoms with Gasteiger partial charge in [-0.1, -0.05) is 6.92 Å². The smallest absolute Gasteiger partial charge is 0.211 e. The Morgan fingerprint density at radius 1 is 1.38 bits per heavy atom. The van der Waals surface area contributed by atoms with Gasteiger partial charge in [0.25, 0.3) is 0 Å². The lowest BCUT2D eigenvalue weighted by Crippen LogP contribution is -2.54. The van der Waals surface area contributed by atoms with Gasteiger partial charge in [0.2, 0.25) is 10.0 Å². The van der Waals surface area contributed by atoms with E-state index in [0.717, 1.165) is 12.8 Å². The standard InChI is InChI=1S/C11H24N2O2S/c1-5-6-16(14,15)12-10-7-11(8-10)13(4)9(2)3/h9-12H,5-8H2,1-4H3. The van der Waals surface area contributed by atoms with E-state index in [1.165, 1.54) is 0 Å². The van der Waals surface area contributed by atoms with Crippen molar-refractivity contribution in [3.05, 3.63) is 0 Å². The molecule has 1 N–H and O–H groups in total. The minimum absolute atomic E-state index is 0.155. The average Bonchev–Trinajstić information content (AvgIpc) is 2.09. The Hall–Kier alpha value is -0.130. The van der Waals surface area contributed by atoms with Crippen LogP contribution in [0.3, 0.4) is 0 Å². The fourth-order valence-corrected chi connectivity index (χ4v) is 3.38. The molecule has 0 aromatic rings. The van der Waals surface area contributed by atoms with E-state index < -0.39 is 10.0 Å². The average molecular weight is 248 g/mol. The predicted molar refractivity (Wildman–Crippen MR) is 66.9 cm³/mol. The van der Waals surface area contributed by atoms with Crippen LogP contribution in [0.15, 0.2) is 0 Å². The summed E-state index contributed by atoms with van der Waals surface area (Å²) in [5, 5.41) is 0. The van der Waals surface area contributed by atoms with Crippen molar-refractivity contribution < 1.29 is 8.42 Å². The lowest BCUT2D eigenvalue weighted by molar-refractivity contribution is 0.104. The molecule has 5 heteroatoms. The van der Waals surface area contributed by atoms with Gasteiger partial charge >= 0.3 is 0 Å². The molecule has 0 aromatic heterocycles. The van der Waals surface area contributed by atoms with Gasteiger partial charge in [-0.2, -0.15) is 0 Å². The summed E-state index contributed by atoms with van der Waals surface area (Å²) in [5.41, 5.74) is 0. The van der Waals surface area contributed by atoms with Gasteiger partial charge in [0.15, 0.2) is 0 Å². The Kier molecular flexibility index (Phi) is 4.76. The number of nitrogens with one attached hydrogen (secondary N) is 1. The minimum Gasteiger partial charge on any atom is -0.301 e. The van der Waals surface area contributed by atoms with Crippen LogP contribution in [0.2, 0.25) is 0 Å². The summed E-state index contributed by atoms with van der Waals surface area (Å²) in [6.45, 7) is 6.21. The molecule has 96 valence electrons. The van der Waals surface area contributed by atoms with Crippen LogP contribution < -0.4 is 4.72 Å². The van der Waals surface area contributed by atoms with Gasteiger partial charge in [-0.3, -0.25) is 0 Å². The van der Waals surface area contributed by atoms with Crippen LogP contribution in [0.25, 0.3) is 0 Å². The number of hydrogen-bond donors (Lipinski definition) is 1. The largest absolute Gasteiger partial charge is 0.301 e. The van der Waals surface area contributed by atoms with Crippen molar-refractivity contribution in [1.82, 2.24) is 9.62 Å². The van der Waals surface area contributed by atoms with Crippen molar-refractivity contribution in [2.75, 3.05) is 12.8 Å². The van der Waals surface area contributed by atoms with Gasteiger partial charge < -0.3 is 4.90 Å². The maximum absolute atomic E-state index is 11.5. The second-order valence-corrected chi connectivity index (χ2v) is 6.89. The molecule has 1 aliphatic carbocycles. The summed E-state index contributed by atoms with van der Waals surface area (Å²) in [4.78, 5) is 2.31. The van der Waals surface area contributed by atoms with Crippen molar-refractivity contribution in [1.29, 1.82) is 0 Å². The topological polar surface area (TPSA) is 49.4 Å². The third-order valence-corrected chi connectivity index (χ3v) is 4.96. The lowest BCUT2D eigenvalue weighted by Gasteiger charge is -2.43. The first-order chi connectivity index (χ1) is 7.35. The highest BCUT2D eigenvalue weighted by atomic mass is 32.2. The zero-order chi connectivity index (χ0) is 12.3. The normalized spacial score (nSPS) is 26.1. The first-order valence-corrected chi connectivity index (χ1v) is 7.73. The maximum atomic E-state index is 11.5. The van der Waals surface area contributed by atoms with Crippen LogP contribution in [-0.4, -0.2) is 44.2 Å². The Balaban J connectivity index is 2.32. The molecule has 0 heterocycles. The molecule has 0 aromatic carbocycles. The quantitative estimate of drug-likeness (QED) is 0.768. The van der Waals surface area contributed by atoms with Crippen LogP contribution >= 0.6 is 0 Å². The summed E-state index contributed by atoms with van der Waals surface area (Å²) < 4.78 is 25.8. The van der Waals surface area contributed by atoms with Gasteiger partial charge in [-0.15, -0.1) is 0 Å². The second-order valence-electron chi connectivity index (χ2n) is 5.02. The fourth-order valence-electron chi connectivity index (χ4n) is 2.02. The molecule has 0 radical (unpaired) electrons. The van der Waals surface area contributed by atoms with Crippen LogP contribution in [0, 0.1) is 0 Å². The lowest BCUT2D eigenvalue weighted by atomic mass is 9.86. The van der Waals surface area contributed by atoms with E-state index in [0.29, 0.717) is 18.5 Å². The molecular formula is C11H24N2O2S. The Morgan fingerprint density at radius 2 is 1.94 bits per heavy atom. The van der Waals surface area contributed by atoms with Crippen molar-refractivity contribution in [3.63, 3.8) is 0 Å². The second kappa shape index (κ2) is 5.47. The highest BCUT2D eigenvalue weighted by Crippen LogP contribution is 2.26. The first-order valence-electron chi connectivity index (χ1n) is 6.07. The monoisotopic (exact) mass is 248 g/mol. The van der Waals surface area contributed by atoms with Crippen molar-refractivity contribution in [3.8, 4) is 0 Å². The SMILES string of the molecule is CCCS(=O)(=O)NC1CC(N(C)C(C)C)C1. The van der Waals surface area contributed by atoms with Crippen molar-refractivity contribution in [2.45, 2.75) is 58.2 Å². The van der Waals surface area contributed by atoms with Crippen molar-refractivity contribution >= 4 is 10.0 Å². The van der Waals surface area contributed by atoms with Crippen LogP contribution in [0.5, 0.6) is 0 Å². The van der Waals surface area contributed by atoms with Gasteiger partial charge in [-0.05, 0) is 40.2 Å². The van der Waals surface area contributed by atoms with E-state index in [4.69, 9.17) is 0 Å². The summed E-state index contributed by atoms with van der Waals surface area (Å²) in [7, 11) is -0.926. The van der Waals surface area contributed by atoms with Crippen LogP contribution in [-0.2, 0) is 10.0 Å². The summed E-state index contributed by atoms with van der Waals surface area (Å²) >= 11 is 0. The van der Waals surface area contributed by atoms with Crippen LogP contribution in [0.4, 0.5) is 0 Å². The van der Waals surface area contributed by atoms with Gasteiger partial charge in [0.05, 0.1) is 5.75 Å². The molecule has 0 amide bonds. The molecule has 16 heavy (non-hydrogen) atoms. The summed E-state index contributed by atoms with van der Waals surface area (Å²) in [6, 6.07) is 1.22. The number of hydrogen-bond acceptors (Lipinski definition) is 3. The number of rotatable bonds is 6. The highest BCUT2D eigenvalue weighted by molar-refractivity contribution is 7.89. The first kappa shape index (κ1) is 13.9. The molecule has 1 aliphatic rings. The van der Waals surface area contributed by atoms with Crippen LogP contribution in [0.1, 0.15) is 40.0 Å². The zero-order valence-electron chi connectivity index (χ0n) is 10.7. The molecule has 0 aliphatic heterocycles. The fraction of sp³-hybridized carbons (Fsp3) is 1.00. The third-order valence-electron chi connectivity index (χ3n) is 3.32. The maximum Gasteiger partial charge on any atom is 0.211 e. The van der Waals surface area contributed by atoms with Gasteiger partial charge in [0, 0.05) is 18.1 Å². The molecule has 1 rings (SSSR count). The summed E-state index contributed by atoms with van der Waals surface area (Å²) in [5.74, 6) is 0.244. The Labute approximate surface area is 99.5 Å². The van der Waals surface area contributed by atoms with Gasteiger partial charge in [0.1, 0.15) is 0 Å². The molecule has 1 saturated carbocycles. The van der Waals surface area contributed by atoms with E-state index in [2.05, 4.69) is 30.5 Å². The number of sulfonamides is 1. The minimum atomic E-state index is -3.03. The molecule has 0 spiro atoms. The van der Waals surface area contributed by atoms with E-state index in [1.54, 1.807) is 0 Å². The molecule has 4 nitrogen and oxygen atoms in total. The Morgan fingerprint density at radius 3 is 2.38 bits per heavy atom. The van der Waals surface area contributed by atoms with Gasteiger partial charge in [-0.25, -0.2) is 13.1 Å². The molecule has 0 bridgehead atoms. The third kappa shape index (κ3) is 3.71. The molecular weight excluding hydrogens is 224 g/mol. The number of nitrogens with zero attached hydrogens (tertiary/aromatic N) is 1. The predicted octanol–water partition coefficient (Wildman–Crippen LogP) is 1.19. The Bertz CT molecular complexity index is 308. The summed E-state index contributed by atoms with van der Waals surface area (Å²) in [6.07, 6.45) is 2.56. The zero-order valence-corrected chi connectivity index (χ0v) is 11.5. The molecule has 0 saturated heterocycles. The van der Waals surface area contributed by atoms with Crippen molar-refractivity contribution in [2.24, 2.45) is 0 Å². The molecule has 0 unspecified atom stereocenters. The van der Waals surface area contributed by atoms with E-state index in [1.807, 2.05) is 6.92 Å². The van der Waals surface area contributed by atoms with E-state index in [-0.39, 0.29) is 11.8 Å².